The van der Waals surface area contributed by atoms with Crippen LogP contribution in [0.15, 0.2) is 72.8 Å². The summed E-state index contributed by atoms with van der Waals surface area (Å²) in [5.41, 5.74) is 3.91. The van der Waals surface area contributed by atoms with E-state index in [9.17, 15) is 10.2 Å². The largest absolute Gasteiger partial charge is 0.389 e. The van der Waals surface area contributed by atoms with Gasteiger partial charge in [-0.2, -0.15) is 0 Å². The summed E-state index contributed by atoms with van der Waals surface area (Å²) in [5.74, 6) is 0. The Kier molecular flexibility index (Phi) is 4.76. The number of aliphatic hydroxyl groups excluding tert-OH is 1. The molecule has 25 heavy (non-hydrogen) atoms. The lowest BCUT2D eigenvalue weighted by Crippen LogP contribution is -2.31. The molecule has 0 spiro atoms. The highest BCUT2D eigenvalue weighted by Crippen LogP contribution is 2.41. The van der Waals surface area contributed by atoms with E-state index in [2.05, 4.69) is 6.07 Å². The van der Waals surface area contributed by atoms with E-state index in [1.165, 1.54) is 0 Å². The van der Waals surface area contributed by atoms with Gasteiger partial charge in [0.2, 0.25) is 0 Å². The van der Waals surface area contributed by atoms with Gasteiger partial charge in [-0.25, -0.2) is 0 Å². The van der Waals surface area contributed by atoms with Crippen LogP contribution in [0.25, 0.3) is 0 Å². The van der Waals surface area contributed by atoms with Gasteiger partial charge in [0.05, 0.1) is 6.10 Å². The van der Waals surface area contributed by atoms with E-state index in [1.54, 1.807) is 6.92 Å². The van der Waals surface area contributed by atoms with E-state index in [4.69, 9.17) is 0 Å². The topological polar surface area (TPSA) is 40.5 Å². The van der Waals surface area contributed by atoms with Gasteiger partial charge >= 0.3 is 0 Å². The first-order chi connectivity index (χ1) is 11.9. The molecule has 0 heterocycles. The molecule has 0 aliphatic carbocycles. The molecule has 0 fully saturated rings. The number of benzene rings is 3. The first-order valence-electron chi connectivity index (χ1n) is 8.57. The first-order valence-corrected chi connectivity index (χ1v) is 8.57. The van der Waals surface area contributed by atoms with Crippen molar-refractivity contribution in [1.29, 1.82) is 0 Å². The number of aryl methyl sites for hydroxylation is 2. The molecular weight excluding hydrogens is 308 g/mol. The predicted octanol–water partition coefficient (Wildman–Crippen LogP) is 4.64. The van der Waals surface area contributed by atoms with E-state index < -0.39 is 11.7 Å². The van der Waals surface area contributed by atoms with Crippen LogP contribution in [0.5, 0.6) is 0 Å². The van der Waals surface area contributed by atoms with E-state index in [-0.39, 0.29) is 0 Å². The van der Waals surface area contributed by atoms with Gasteiger partial charge in [-0.3, -0.25) is 0 Å². The zero-order chi connectivity index (χ0) is 18.0. The summed E-state index contributed by atoms with van der Waals surface area (Å²) in [5, 5.41) is 22.3. The summed E-state index contributed by atoms with van der Waals surface area (Å²) in [6.07, 6.45) is -0.669. The maximum Gasteiger partial charge on any atom is 0.141 e. The molecule has 0 aromatic heterocycles. The Bertz CT molecular complexity index is 868. The number of aliphatic hydroxyl groups is 2. The quantitative estimate of drug-likeness (QED) is 0.683. The van der Waals surface area contributed by atoms with Crippen LogP contribution in [0.4, 0.5) is 0 Å². The van der Waals surface area contributed by atoms with Crippen LogP contribution in [-0.4, -0.2) is 10.2 Å². The Labute approximate surface area is 149 Å². The highest BCUT2D eigenvalue weighted by atomic mass is 16.3. The van der Waals surface area contributed by atoms with Gasteiger partial charge in [0.15, 0.2) is 0 Å². The van der Waals surface area contributed by atoms with Crippen LogP contribution in [0.1, 0.15) is 46.4 Å². The molecule has 2 atom stereocenters. The summed E-state index contributed by atoms with van der Waals surface area (Å²) in [4.78, 5) is 0. The highest BCUT2D eigenvalue weighted by Gasteiger charge is 2.37. The van der Waals surface area contributed by atoms with Crippen LogP contribution in [0.2, 0.25) is 0 Å². The molecule has 3 aromatic carbocycles. The number of hydrogen-bond donors (Lipinski definition) is 2. The van der Waals surface area contributed by atoms with E-state index in [1.807, 2.05) is 80.6 Å². The summed E-state index contributed by atoms with van der Waals surface area (Å²) < 4.78 is 0. The summed E-state index contributed by atoms with van der Waals surface area (Å²) in [6, 6.07) is 23.3. The first kappa shape index (κ1) is 17.4. The van der Waals surface area contributed by atoms with Crippen molar-refractivity contribution in [3.05, 3.63) is 106 Å². The second kappa shape index (κ2) is 6.83. The average Bonchev–Trinajstić information content (AvgIpc) is 2.62. The van der Waals surface area contributed by atoms with Gasteiger partial charge in [0, 0.05) is 0 Å². The van der Waals surface area contributed by atoms with Crippen molar-refractivity contribution >= 4 is 0 Å². The normalized spacial score (nSPS) is 14.8. The van der Waals surface area contributed by atoms with Gasteiger partial charge in [0.1, 0.15) is 5.60 Å². The van der Waals surface area contributed by atoms with Crippen molar-refractivity contribution in [1.82, 2.24) is 0 Å². The van der Waals surface area contributed by atoms with Crippen molar-refractivity contribution in [3.63, 3.8) is 0 Å². The Morgan fingerprint density at radius 2 is 1.44 bits per heavy atom. The summed E-state index contributed by atoms with van der Waals surface area (Å²) in [6.45, 7) is 5.79. The standard InChI is InChI=1S/C23H24O2/c1-16-13-14-21(17(2)15-16)23(25,19-9-5-4-6-10-19)22-12-8-7-11-20(22)18(3)24/h4-15,18,24-25H,1-3H3/t18-,23-/m0/s1. The minimum Gasteiger partial charge on any atom is -0.389 e. The Morgan fingerprint density at radius 3 is 2.08 bits per heavy atom. The van der Waals surface area contributed by atoms with E-state index >= 15 is 0 Å². The molecule has 0 saturated heterocycles. The third-order valence-electron chi connectivity index (χ3n) is 4.76. The van der Waals surface area contributed by atoms with Gasteiger partial charge in [-0.1, -0.05) is 78.4 Å². The average molecular weight is 332 g/mol. The zero-order valence-electron chi connectivity index (χ0n) is 14.9. The molecule has 2 N–H and O–H groups in total. The van der Waals surface area contributed by atoms with Crippen molar-refractivity contribution in [2.24, 2.45) is 0 Å². The van der Waals surface area contributed by atoms with Crippen LogP contribution < -0.4 is 0 Å². The van der Waals surface area contributed by atoms with Gasteiger partial charge in [-0.15, -0.1) is 0 Å². The summed E-state index contributed by atoms with van der Waals surface area (Å²) in [7, 11) is 0. The molecule has 0 amide bonds. The lowest BCUT2D eigenvalue weighted by atomic mass is 9.76. The molecule has 128 valence electrons. The Hall–Kier alpha value is -2.42. The number of rotatable bonds is 4. The minimum absolute atomic E-state index is 0.669. The molecule has 0 bridgehead atoms. The van der Waals surface area contributed by atoms with Crippen molar-refractivity contribution in [2.45, 2.75) is 32.5 Å². The third-order valence-corrected chi connectivity index (χ3v) is 4.76. The highest BCUT2D eigenvalue weighted by molar-refractivity contribution is 5.53. The molecule has 0 unspecified atom stereocenters. The van der Waals surface area contributed by atoms with Crippen LogP contribution in [0.3, 0.4) is 0 Å². The minimum atomic E-state index is -1.33. The Balaban J connectivity index is 2.35. The molecule has 3 rings (SSSR count). The van der Waals surface area contributed by atoms with Gasteiger partial charge < -0.3 is 10.2 Å². The second-order valence-electron chi connectivity index (χ2n) is 6.66. The fourth-order valence-electron chi connectivity index (χ4n) is 3.55. The van der Waals surface area contributed by atoms with Crippen molar-refractivity contribution < 1.29 is 10.2 Å². The summed E-state index contributed by atoms with van der Waals surface area (Å²) >= 11 is 0. The third kappa shape index (κ3) is 3.11. The van der Waals surface area contributed by atoms with Crippen LogP contribution in [-0.2, 0) is 5.60 Å². The van der Waals surface area contributed by atoms with Crippen molar-refractivity contribution in [3.8, 4) is 0 Å². The second-order valence-corrected chi connectivity index (χ2v) is 6.66. The number of hydrogen-bond acceptors (Lipinski definition) is 2. The lowest BCUT2D eigenvalue weighted by molar-refractivity contribution is 0.117. The monoisotopic (exact) mass is 332 g/mol. The predicted molar refractivity (Wildman–Crippen MR) is 102 cm³/mol. The van der Waals surface area contributed by atoms with Crippen LogP contribution >= 0.6 is 0 Å². The van der Waals surface area contributed by atoms with E-state index in [0.29, 0.717) is 5.56 Å². The molecule has 0 saturated carbocycles. The zero-order valence-corrected chi connectivity index (χ0v) is 14.9. The molecule has 0 aliphatic rings. The molecule has 0 aliphatic heterocycles. The molecule has 0 radical (unpaired) electrons. The molecule has 2 nitrogen and oxygen atoms in total. The molecule has 2 heteroatoms. The fraction of sp³-hybridized carbons (Fsp3) is 0.217. The molecular formula is C23H24O2. The maximum absolute atomic E-state index is 12.0. The Morgan fingerprint density at radius 1 is 0.800 bits per heavy atom. The molecule has 3 aromatic rings. The lowest BCUT2D eigenvalue weighted by Gasteiger charge is -2.34. The van der Waals surface area contributed by atoms with Gasteiger partial charge in [-0.05, 0) is 48.6 Å². The fourth-order valence-corrected chi connectivity index (χ4v) is 3.55. The SMILES string of the molecule is Cc1ccc([C@@](O)(c2ccccc2)c2ccccc2[C@H](C)O)c(C)c1. The van der Waals surface area contributed by atoms with Crippen LogP contribution in [0, 0.1) is 13.8 Å². The van der Waals surface area contributed by atoms with Crippen molar-refractivity contribution in [2.75, 3.05) is 0 Å². The van der Waals surface area contributed by atoms with E-state index in [0.717, 1.165) is 27.8 Å². The van der Waals surface area contributed by atoms with Gasteiger partial charge in [0.25, 0.3) is 0 Å². The maximum atomic E-state index is 12.0. The smallest absolute Gasteiger partial charge is 0.141 e.